The average Bonchev–Trinajstić information content (AvgIpc) is 3.01. The standard InChI is InChI=1S/C16H17ClN2O5S2/c1-4-22-24-26-8-11-7-25-16(18-11)19-15(21)12-6-14(23-10(3)20)13(17)5-9(12)2/h5-7H,4,8H2,1-3H3,(H,18,19,21). The fourth-order valence-corrected chi connectivity index (χ4v) is 3.44. The van der Waals surface area contributed by atoms with Crippen LogP contribution >= 0.6 is 35.0 Å². The van der Waals surface area contributed by atoms with Crippen molar-refractivity contribution in [1.29, 1.82) is 0 Å². The molecule has 1 amide bonds. The Bertz CT molecular complexity index is 797. The SMILES string of the molecule is CCOOSCc1csc(NC(=O)c2cc(OC(C)=O)c(Cl)cc2C)n1. The van der Waals surface area contributed by atoms with Crippen molar-refractivity contribution in [2.45, 2.75) is 26.5 Å². The zero-order valence-corrected chi connectivity index (χ0v) is 16.7. The van der Waals surface area contributed by atoms with Gasteiger partial charge in [-0.15, -0.1) is 11.3 Å². The van der Waals surface area contributed by atoms with E-state index in [2.05, 4.69) is 10.3 Å². The van der Waals surface area contributed by atoms with Crippen molar-refractivity contribution >= 4 is 52.0 Å². The molecule has 0 radical (unpaired) electrons. The minimum atomic E-state index is -0.515. The fourth-order valence-electron chi connectivity index (χ4n) is 1.89. The largest absolute Gasteiger partial charge is 0.425 e. The molecule has 0 saturated carbocycles. The van der Waals surface area contributed by atoms with Crippen LogP contribution < -0.4 is 10.1 Å². The lowest BCUT2D eigenvalue weighted by Gasteiger charge is -2.10. The van der Waals surface area contributed by atoms with Gasteiger partial charge in [0.1, 0.15) is 5.75 Å². The number of halogens is 1. The minimum absolute atomic E-state index is 0.138. The zero-order chi connectivity index (χ0) is 19.1. The first kappa shape index (κ1) is 20.7. The third-order valence-electron chi connectivity index (χ3n) is 2.97. The van der Waals surface area contributed by atoms with Gasteiger partial charge in [0, 0.05) is 29.9 Å². The van der Waals surface area contributed by atoms with Gasteiger partial charge >= 0.3 is 5.97 Å². The van der Waals surface area contributed by atoms with Crippen LogP contribution in [-0.2, 0) is 19.8 Å². The topological polar surface area (TPSA) is 86.8 Å². The van der Waals surface area contributed by atoms with E-state index < -0.39 is 5.97 Å². The smallest absolute Gasteiger partial charge is 0.308 e. The third kappa shape index (κ3) is 5.96. The monoisotopic (exact) mass is 416 g/mol. The molecular weight excluding hydrogens is 400 g/mol. The van der Waals surface area contributed by atoms with Crippen LogP contribution in [0.4, 0.5) is 5.13 Å². The number of amides is 1. The second-order valence-corrected chi connectivity index (χ2v) is 6.95. The molecule has 0 aliphatic heterocycles. The summed E-state index contributed by atoms with van der Waals surface area (Å²) in [5.41, 5.74) is 1.75. The number of thiazole rings is 1. The number of rotatable bonds is 8. The molecule has 2 aromatic rings. The number of hydrogen-bond donors (Lipinski definition) is 1. The number of esters is 1. The number of ether oxygens (including phenoxy) is 1. The minimum Gasteiger partial charge on any atom is -0.425 e. The highest BCUT2D eigenvalue weighted by Crippen LogP contribution is 2.29. The predicted octanol–water partition coefficient (Wildman–Crippen LogP) is 4.40. The van der Waals surface area contributed by atoms with Gasteiger partial charge in [0.15, 0.2) is 5.13 Å². The van der Waals surface area contributed by atoms with Crippen molar-refractivity contribution < 1.29 is 23.5 Å². The van der Waals surface area contributed by atoms with Gasteiger partial charge in [-0.1, -0.05) is 11.6 Å². The van der Waals surface area contributed by atoms with E-state index in [0.29, 0.717) is 28.6 Å². The Kier molecular flexibility index (Phi) is 7.85. The fraction of sp³-hybridized carbons (Fsp3) is 0.312. The van der Waals surface area contributed by atoms with Crippen LogP contribution in [0.15, 0.2) is 17.5 Å². The number of anilines is 1. The lowest BCUT2D eigenvalue weighted by molar-refractivity contribution is -0.185. The number of nitrogens with zero attached hydrogens (tertiary/aromatic N) is 1. The van der Waals surface area contributed by atoms with Gasteiger partial charge in [-0.2, -0.15) is 4.33 Å². The highest BCUT2D eigenvalue weighted by atomic mass is 35.5. The molecule has 7 nitrogen and oxygen atoms in total. The molecule has 0 fully saturated rings. The van der Waals surface area contributed by atoms with Crippen LogP contribution in [0.25, 0.3) is 0 Å². The van der Waals surface area contributed by atoms with E-state index in [4.69, 9.17) is 25.6 Å². The summed E-state index contributed by atoms with van der Waals surface area (Å²) in [4.78, 5) is 32.7. The van der Waals surface area contributed by atoms with Crippen LogP contribution in [0.3, 0.4) is 0 Å². The number of carbonyl (C=O) groups excluding carboxylic acids is 2. The summed E-state index contributed by atoms with van der Waals surface area (Å²) in [5.74, 6) is -0.257. The summed E-state index contributed by atoms with van der Waals surface area (Å²) in [6.07, 6.45) is 0. The Hall–Kier alpha value is -1.65. The average molecular weight is 417 g/mol. The number of hydrogen-bond acceptors (Lipinski definition) is 8. The normalized spacial score (nSPS) is 10.6. The number of nitrogens with one attached hydrogen (secondary N) is 1. The summed E-state index contributed by atoms with van der Waals surface area (Å²) >= 11 is 8.45. The Morgan fingerprint density at radius 3 is 2.85 bits per heavy atom. The molecule has 26 heavy (non-hydrogen) atoms. The van der Waals surface area contributed by atoms with Crippen molar-refractivity contribution in [3.63, 3.8) is 0 Å². The zero-order valence-electron chi connectivity index (χ0n) is 14.3. The van der Waals surface area contributed by atoms with Crippen LogP contribution in [0.2, 0.25) is 5.02 Å². The number of aromatic nitrogens is 1. The summed E-state index contributed by atoms with van der Waals surface area (Å²) in [7, 11) is 0. The Morgan fingerprint density at radius 1 is 1.38 bits per heavy atom. The van der Waals surface area contributed by atoms with Gasteiger partial charge in [-0.25, -0.2) is 9.87 Å². The van der Waals surface area contributed by atoms with Gasteiger partial charge in [-0.05, 0) is 31.5 Å². The molecular formula is C16H17ClN2O5S2. The second-order valence-electron chi connectivity index (χ2n) is 5.03. The first-order valence-corrected chi connectivity index (χ1v) is 9.73. The summed E-state index contributed by atoms with van der Waals surface area (Å²) < 4.78 is 9.88. The van der Waals surface area contributed by atoms with E-state index in [9.17, 15) is 9.59 Å². The molecule has 0 saturated heterocycles. The number of aryl methyl sites for hydroxylation is 1. The number of benzene rings is 1. The van der Waals surface area contributed by atoms with Gasteiger partial charge in [-0.3, -0.25) is 14.9 Å². The van der Waals surface area contributed by atoms with E-state index in [0.717, 1.165) is 17.7 Å². The predicted molar refractivity (Wildman–Crippen MR) is 102 cm³/mol. The van der Waals surface area contributed by atoms with Crippen LogP contribution in [-0.4, -0.2) is 23.5 Å². The van der Waals surface area contributed by atoms with Crippen LogP contribution in [0.5, 0.6) is 5.75 Å². The van der Waals surface area contributed by atoms with E-state index >= 15 is 0 Å². The van der Waals surface area contributed by atoms with Gasteiger partial charge in [0.05, 0.1) is 23.1 Å². The van der Waals surface area contributed by atoms with Crippen LogP contribution in [0.1, 0.15) is 35.5 Å². The van der Waals surface area contributed by atoms with Crippen LogP contribution in [0, 0.1) is 6.92 Å². The van der Waals surface area contributed by atoms with E-state index in [1.54, 1.807) is 13.0 Å². The molecule has 10 heteroatoms. The molecule has 1 N–H and O–H groups in total. The second kappa shape index (κ2) is 9.89. The molecule has 0 aliphatic carbocycles. The lowest BCUT2D eigenvalue weighted by atomic mass is 10.1. The van der Waals surface area contributed by atoms with Gasteiger partial charge in [0.2, 0.25) is 0 Å². The maximum atomic E-state index is 12.5. The lowest BCUT2D eigenvalue weighted by Crippen LogP contribution is -2.14. The molecule has 0 bridgehead atoms. The quantitative estimate of drug-likeness (QED) is 0.170. The van der Waals surface area contributed by atoms with E-state index in [1.807, 2.05) is 12.3 Å². The maximum absolute atomic E-state index is 12.5. The molecule has 1 aromatic heterocycles. The Labute approximate surface area is 164 Å². The first-order valence-electron chi connectivity index (χ1n) is 7.56. The van der Waals surface area contributed by atoms with Gasteiger partial charge < -0.3 is 4.74 Å². The highest BCUT2D eigenvalue weighted by Gasteiger charge is 2.16. The summed E-state index contributed by atoms with van der Waals surface area (Å²) in [6, 6.07) is 3.01. The first-order chi connectivity index (χ1) is 12.4. The van der Waals surface area contributed by atoms with E-state index in [1.165, 1.54) is 24.3 Å². The third-order valence-corrected chi connectivity index (χ3v) is 4.68. The van der Waals surface area contributed by atoms with Crippen molar-refractivity contribution in [2.24, 2.45) is 0 Å². The molecule has 0 atom stereocenters. The summed E-state index contributed by atoms with van der Waals surface area (Å²) in [6.45, 7) is 5.29. The molecule has 1 heterocycles. The Balaban J connectivity index is 2.05. The maximum Gasteiger partial charge on any atom is 0.308 e. The summed E-state index contributed by atoms with van der Waals surface area (Å²) in [5, 5.41) is 5.25. The molecule has 2 rings (SSSR count). The Morgan fingerprint density at radius 2 is 2.15 bits per heavy atom. The van der Waals surface area contributed by atoms with Crippen molar-refractivity contribution in [3.05, 3.63) is 39.4 Å². The highest BCUT2D eigenvalue weighted by molar-refractivity contribution is 7.93. The molecule has 0 unspecified atom stereocenters. The molecule has 140 valence electrons. The molecule has 0 aliphatic rings. The van der Waals surface area contributed by atoms with Crippen molar-refractivity contribution in [2.75, 3.05) is 11.9 Å². The van der Waals surface area contributed by atoms with Crippen molar-refractivity contribution in [1.82, 2.24) is 4.98 Å². The van der Waals surface area contributed by atoms with Gasteiger partial charge in [0.25, 0.3) is 5.91 Å². The van der Waals surface area contributed by atoms with E-state index in [-0.39, 0.29) is 16.7 Å². The number of carbonyl (C=O) groups is 2. The van der Waals surface area contributed by atoms with Crippen molar-refractivity contribution in [3.8, 4) is 5.75 Å². The molecule has 1 aromatic carbocycles. The molecule has 0 spiro atoms.